The topological polar surface area (TPSA) is 110 Å². The van der Waals surface area contributed by atoms with Gasteiger partial charge in [-0.2, -0.15) is 0 Å². The molecule has 3 aliphatic carbocycles. The maximum Gasteiger partial charge on any atom is 0.336 e. The van der Waals surface area contributed by atoms with Crippen LogP contribution in [0.5, 0.6) is 0 Å². The second kappa shape index (κ2) is 7.26. The van der Waals surface area contributed by atoms with E-state index in [1.54, 1.807) is 6.92 Å². The van der Waals surface area contributed by atoms with Crippen LogP contribution in [-0.2, 0) is 42.8 Å². The zero-order valence-corrected chi connectivity index (χ0v) is 23.3. The molecule has 8 aliphatic rings. The lowest BCUT2D eigenvalue weighted by Crippen LogP contribution is -2.72. The molecule has 12 atom stereocenters. The largest absolute Gasteiger partial charge is 0.459 e. The van der Waals surface area contributed by atoms with Crippen molar-refractivity contribution in [1.29, 1.82) is 0 Å². The van der Waals surface area contributed by atoms with Crippen LogP contribution in [0, 0.1) is 29.6 Å². The molecule has 5 aliphatic heterocycles. The van der Waals surface area contributed by atoms with E-state index in [1.165, 1.54) is 6.92 Å². The number of carbonyl (C=O) groups is 3. The van der Waals surface area contributed by atoms with E-state index in [-0.39, 0.29) is 66.1 Å². The number of fused-ring (bicyclic) bond motifs is 1. The molecule has 0 bridgehead atoms. The van der Waals surface area contributed by atoms with Gasteiger partial charge < -0.3 is 28.4 Å². The predicted molar refractivity (Wildman–Crippen MR) is 133 cm³/mol. The van der Waals surface area contributed by atoms with Crippen molar-refractivity contribution in [2.45, 2.75) is 126 Å². The lowest BCUT2D eigenvalue weighted by atomic mass is 9.56. The Balaban J connectivity index is 1.25. The molecule has 5 heterocycles. The highest BCUT2D eigenvalue weighted by molar-refractivity contribution is 5.90. The van der Waals surface area contributed by atoms with Crippen molar-refractivity contribution in [2.24, 2.45) is 29.6 Å². The van der Waals surface area contributed by atoms with Crippen molar-refractivity contribution in [1.82, 2.24) is 0 Å². The van der Waals surface area contributed by atoms with Crippen LogP contribution in [0.4, 0.5) is 0 Å². The molecule has 9 nitrogen and oxygen atoms in total. The van der Waals surface area contributed by atoms with Gasteiger partial charge in [-0.25, -0.2) is 4.79 Å². The number of carbonyl (C=O) groups excluding carboxylic acids is 3. The molecule has 4 unspecified atom stereocenters. The van der Waals surface area contributed by atoms with Crippen molar-refractivity contribution in [3.8, 4) is 0 Å². The van der Waals surface area contributed by atoms with E-state index in [0.29, 0.717) is 24.8 Å². The first-order valence-corrected chi connectivity index (χ1v) is 14.7. The lowest BCUT2D eigenvalue weighted by molar-refractivity contribution is -0.349. The van der Waals surface area contributed by atoms with Crippen LogP contribution < -0.4 is 0 Å². The minimum atomic E-state index is -1.18. The smallest absolute Gasteiger partial charge is 0.336 e. The lowest BCUT2D eigenvalue weighted by Gasteiger charge is -2.60. The first-order valence-electron chi connectivity index (χ1n) is 14.7. The van der Waals surface area contributed by atoms with Gasteiger partial charge in [0.05, 0.1) is 18.1 Å². The quantitative estimate of drug-likeness (QED) is 0.280. The minimum absolute atomic E-state index is 0.00485. The van der Waals surface area contributed by atoms with Gasteiger partial charge in [0.15, 0.2) is 0 Å². The molecule has 0 aromatic heterocycles. The maximum absolute atomic E-state index is 12.6. The Kier molecular flexibility index (Phi) is 4.62. The van der Waals surface area contributed by atoms with Crippen LogP contribution in [0.1, 0.15) is 79.6 Å². The molecule has 0 aromatic rings. The number of hydrogen-bond acceptors (Lipinski definition) is 9. The Morgan fingerprint density at radius 3 is 2.51 bits per heavy atom. The molecule has 7 fully saturated rings. The summed E-state index contributed by atoms with van der Waals surface area (Å²) in [5.41, 5.74) is -2.11. The molecule has 39 heavy (non-hydrogen) atoms. The SMILES string of the molecule is CC(=O)O[C@H]1C[C@H]2C[C@@]34OC(=O)C[C@@H]3OC(C)(C)C4CCC2[C@]23OC2CC2[C@H](C)C[C@]4(C=C(C)C(=O)O4)O[C@]213. The van der Waals surface area contributed by atoms with Gasteiger partial charge in [-0.15, -0.1) is 0 Å². The summed E-state index contributed by atoms with van der Waals surface area (Å²) < 4.78 is 38.7. The van der Waals surface area contributed by atoms with Crippen molar-refractivity contribution in [3.63, 3.8) is 0 Å². The molecular formula is C30H38O9. The minimum Gasteiger partial charge on any atom is -0.459 e. The summed E-state index contributed by atoms with van der Waals surface area (Å²) in [6.07, 6.45) is 5.62. The third-order valence-corrected chi connectivity index (χ3v) is 11.9. The summed E-state index contributed by atoms with van der Waals surface area (Å²) >= 11 is 0. The fraction of sp³-hybridized carbons (Fsp3) is 0.833. The number of esters is 3. The van der Waals surface area contributed by atoms with E-state index < -0.39 is 34.3 Å². The van der Waals surface area contributed by atoms with E-state index in [2.05, 4.69) is 20.8 Å². The Hall–Kier alpha value is -1.97. The molecule has 4 saturated heterocycles. The fourth-order valence-electron chi connectivity index (χ4n) is 10.9. The van der Waals surface area contributed by atoms with Gasteiger partial charge >= 0.3 is 17.9 Å². The number of ether oxygens (including phenoxy) is 6. The summed E-state index contributed by atoms with van der Waals surface area (Å²) in [6, 6.07) is 0. The van der Waals surface area contributed by atoms with Crippen molar-refractivity contribution in [2.75, 3.05) is 0 Å². The number of hydrogen-bond donors (Lipinski definition) is 0. The zero-order chi connectivity index (χ0) is 27.3. The molecule has 212 valence electrons. The fourth-order valence-corrected chi connectivity index (χ4v) is 10.9. The van der Waals surface area contributed by atoms with Gasteiger partial charge in [-0.05, 0) is 76.7 Å². The first kappa shape index (κ1) is 24.8. The van der Waals surface area contributed by atoms with Crippen LogP contribution in [0.25, 0.3) is 0 Å². The summed E-state index contributed by atoms with van der Waals surface area (Å²) in [5.74, 6) is -1.52. The van der Waals surface area contributed by atoms with Crippen molar-refractivity contribution in [3.05, 3.63) is 11.6 Å². The highest BCUT2D eigenvalue weighted by atomic mass is 16.8. The monoisotopic (exact) mass is 542 g/mol. The third-order valence-electron chi connectivity index (χ3n) is 11.9. The highest BCUT2D eigenvalue weighted by Gasteiger charge is 2.88. The number of rotatable bonds is 1. The average molecular weight is 543 g/mol. The van der Waals surface area contributed by atoms with Gasteiger partial charge in [0, 0.05) is 30.8 Å². The maximum atomic E-state index is 12.6. The summed E-state index contributed by atoms with van der Waals surface area (Å²) in [5, 5.41) is 0. The number of epoxide rings is 1. The van der Waals surface area contributed by atoms with Crippen LogP contribution in [-0.4, -0.2) is 64.4 Å². The van der Waals surface area contributed by atoms with E-state index in [1.807, 2.05) is 6.08 Å². The van der Waals surface area contributed by atoms with E-state index >= 15 is 0 Å². The van der Waals surface area contributed by atoms with Gasteiger partial charge in [0.1, 0.15) is 29.0 Å². The second-order valence-electron chi connectivity index (χ2n) is 14.2. The van der Waals surface area contributed by atoms with Gasteiger partial charge in [0.25, 0.3) is 0 Å². The van der Waals surface area contributed by atoms with Crippen molar-refractivity contribution >= 4 is 17.9 Å². The molecule has 8 rings (SSSR count). The van der Waals surface area contributed by atoms with Crippen LogP contribution in [0.3, 0.4) is 0 Å². The molecule has 0 N–H and O–H groups in total. The standard InChI is InChI=1S/C30H38O9/c1-14-11-27(12-15(2)25(33)38-27)39-30-19(14)9-23-29(30,36-23)18-6-7-20-26(4,5)35-21-10-24(32)37-28(20,21)13-17(18)8-22(30)34-16(3)31/h12,14,17-23H,6-11,13H2,1-5H3/t14-,17+,18?,19?,20?,21+,22+,23?,27-,28+,29+,30-/m1/s1. The summed E-state index contributed by atoms with van der Waals surface area (Å²) in [4.78, 5) is 37.8. The molecule has 0 amide bonds. The Morgan fingerprint density at radius 1 is 1.00 bits per heavy atom. The normalized spacial score (nSPS) is 55.7. The Morgan fingerprint density at radius 2 is 1.79 bits per heavy atom. The Labute approximate surface area is 228 Å². The summed E-state index contributed by atoms with van der Waals surface area (Å²) in [7, 11) is 0. The van der Waals surface area contributed by atoms with Gasteiger partial charge in [0.2, 0.25) is 5.79 Å². The van der Waals surface area contributed by atoms with E-state index in [4.69, 9.17) is 28.4 Å². The second-order valence-corrected chi connectivity index (χ2v) is 14.2. The first-order chi connectivity index (χ1) is 18.4. The van der Waals surface area contributed by atoms with Crippen LogP contribution in [0.15, 0.2) is 11.6 Å². The van der Waals surface area contributed by atoms with Gasteiger partial charge in [-0.3, -0.25) is 9.59 Å². The molecule has 4 spiro atoms. The average Bonchev–Trinajstić information content (AvgIpc) is 3.20. The van der Waals surface area contributed by atoms with E-state index in [0.717, 1.165) is 19.3 Å². The molecule has 0 aromatic carbocycles. The molecule has 3 saturated carbocycles. The third kappa shape index (κ3) is 2.85. The summed E-state index contributed by atoms with van der Waals surface area (Å²) in [6.45, 7) is 9.62. The molecule has 9 heteroatoms. The Bertz CT molecular complexity index is 1220. The predicted octanol–water partition coefficient (Wildman–Crippen LogP) is 3.37. The molecular weight excluding hydrogens is 504 g/mol. The van der Waals surface area contributed by atoms with Crippen LogP contribution in [0.2, 0.25) is 0 Å². The van der Waals surface area contributed by atoms with Gasteiger partial charge in [-0.1, -0.05) is 6.92 Å². The molecule has 0 radical (unpaired) electrons. The van der Waals surface area contributed by atoms with E-state index in [9.17, 15) is 14.4 Å². The highest BCUT2D eigenvalue weighted by Crippen LogP contribution is 2.76. The van der Waals surface area contributed by atoms with Crippen LogP contribution >= 0.6 is 0 Å². The van der Waals surface area contributed by atoms with Crippen molar-refractivity contribution < 1.29 is 42.8 Å². The zero-order valence-electron chi connectivity index (χ0n) is 23.3.